The molecule has 0 radical (unpaired) electrons. The van der Waals surface area contributed by atoms with Crippen LogP contribution in [-0.2, 0) is 5.41 Å². The molecule has 0 N–H and O–H groups in total. The summed E-state index contributed by atoms with van der Waals surface area (Å²) in [6.07, 6.45) is 0. The number of hydrogen-bond donors (Lipinski definition) is 0. The lowest BCUT2D eigenvalue weighted by Crippen LogP contribution is -2.22. The van der Waals surface area contributed by atoms with Crippen LogP contribution in [-0.4, -0.2) is 0 Å². The summed E-state index contributed by atoms with van der Waals surface area (Å²) in [4.78, 5) is 2.48. The van der Waals surface area contributed by atoms with Gasteiger partial charge in [0.2, 0.25) is 0 Å². The normalized spacial score (nSPS) is 14.3. The molecule has 10 aromatic rings. The molecule has 0 spiro atoms. The van der Waals surface area contributed by atoms with Gasteiger partial charge in [0.1, 0.15) is 0 Å². The molecule has 0 aromatic heterocycles. The number of fused-ring (bicyclic) bond motifs is 6. The Bertz CT molecular complexity index is 3180. The van der Waals surface area contributed by atoms with Crippen molar-refractivity contribution in [1.29, 1.82) is 0 Å². The summed E-state index contributed by atoms with van der Waals surface area (Å²) >= 11 is 0. The smallest absolute Gasteiger partial charge is 0.0540 e. The van der Waals surface area contributed by atoms with Gasteiger partial charge in [-0.3, -0.25) is 0 Å². The summed E-state index contributed by atoms with van der Waals surface area (Å²) in [6.45, 7) is 2.39. The van der Waals surface area contributed by atoms with Gasteiger partial charge in [0, 0.05) is 22.4 Å². The minimum atomic E-state index is -0.274. The molecule has 0 saturated heterocycles. The summed E-state index contributed by atoms with van der Waals surface area (Å²) in [5, 5.41) is 4.98. The Morgan fingerprint density at radius 3 is 1.61 bits per heavy atom. The topological polar surface area (TPSA) is 3.24 Å². The van der Waals surface area contributed by atoms with E-state index in [0.29, 0.717) is 0 Å². The Labute approximate surface area is 346 Å². The van der Waals surface area contributed by atoms with Crippen LogP contribution in [0.5, 0.6) is 0 Å². The van der Waals surface area contributed by atoms with Gasteiger partial charge in [-0.1, -0.05) is 200 Å². The molecule has 0 bridgehead atoms. The number of rotatable bonds is 7. The lowest BCUT2D eigenvalue weighted by Gasteiger charge is -2.31. The van der Waals surface area contributed by atoms with Crippen molar-refractivity contribution in [2.24, 2.45) is 0 Å². The molecule has 1 aliphatic carbocycles. The zero-order chi connectivity index (χ0) is 39.3. The third-order valence-corrected chi connectivity index (χ3v) is 12.6. The van der Waals surface area contributed by atoms with Gasteiger partial charge in [-0.15, -0.1) is 0 Å². The maximum absolute atomic E-state index is 2.48. The van der Waals surface area contributed by atoms with Gasteiger partial charge in [0.05, 0.1) is 5.69 Å². The monoisotopic (exact) mass is 751 g/mol. The average molecular weight is 752 g/mol. The summed E-state index contributed by atoms with van der Waals surface area (Å²) in [5.74, 6) is 0. The molecular weight excluding hydrogens is 711 g/mol. The summed E-state index contributed by atoms with van der Waals surface area (Å²) < 4.78 is 0. The van der Waals surface area contributed by atoms with Crippen LogP contribution in [0.15, 0.2) is 231 Å². The molecule has 10 aromatic carbocycles. The number of benzene rings is 10. The summed E-state index contributed by atoms with van der Waals surface area (Å²) in [5.41, 5.74) is 16.8. The van der Waals surface area contributed by atoms with E-state index in [0.717, 1.165) is 17.1 Å². The first-order chi connectivity index (χ1) is 29.2. The molecular formula is C58H41N. The predicted molar refractivity (Wildman–Crippen MR) is 250 cm³/mol. The zero-order valence-electron chi connectivity index (χ0n) is 32.9. The highest BCUT2D eigenvalue weighted by Gasteiger charge is 2.41. The molecule has 0 fully saturated rings. The Morgan fingerprint density at radius 1 is 0.322 bits per heavy atom. The quantitative estimate of drug-likeness (QED) is 0.147. The van der Waals surface area contributed by atoms with Crippen LogP contribution < -0.4 is 4.90 Å². The molecule has 11 rings (SSSR count). The largest absolute Gasteiger partial charge is 0.310 e. The lowest BCUT2D eigenvalue weighted by molar-refractivity contribution is 0.714. The van der Waals surface area contributed by atoms with E-state index in [1.54, 1.807) is 0 Å². The van der Waals surface area contributed by atoms with Gasteiger partial charge in [-0.2, -0.15) is 0 Å². The fourth-order valence-corrected chi connectivity index (χ4v) is 9.72. The number of nitrogens with zero attached hydrogens (tertiary/aromatic N) is 1. The standard InChI is InChI=1S/C58H41N/c1-58(43-21-6-3-7-22-43)55-30-16-14-28-52(55)54-39-45(35-37-56(54)58)59(44-34-36-48-42(38-44)33-32-41-20-8-9-23-46(41)48)57-31-17-15-29-53(57)51-27-13-12-26-50(51)49-25-11-10-24-47(49)40-18-4-2-5-19-40/h2-39H,1H3. The molecule has 0 amide bonds. The Morgan fingerprint density at radius 2 is 0.831 bits per heavy atom. The molecule has 1 nitrogen and oxygen atoms in total. The highest BCUT2D eigenvalue weighted by Crippen LogP contribution is 2.54. The SMILES string of the molecule is CC1(c2ccccc2)c2ccccc2-c2cc(N(c3ccc4c(ccc5ccccc54)c3)c3ccccc3-c3ccccc3-c3ccccc3-c3ccccc3)ccc21. The van der Waals surface area contributed by atoms with Crippen molar-refractivity contribution in [1.82, 2.24) is 0 Å². The minimum absolute atomic E-state index is 0.274. The third kappa shape index (κ3) is 5.69. The van der Waals surface area contributed by atoms with Crippen LogP contribution in [0.2, 0.25) is 0 Å². The van der Waals surface area contributed by atoms with E-state index in [4.69, 9.17) is 0 Å². The van der Waals surface area contributed by atoms with Crippen molar-refractivity contribution >= 4 is 38.6 Å². The summed E-state index contributed by atoms with van der Waals surface area (Å²) in [7, 11) is 0. The number of para-hydroxylation sites is 1. The minimum Gasteiger partial charge on any atom is -0.310 e. The number of anilines is 3. The second kappa shape index (κ2) is 14.2. The van der Waals surface area contributed by atoms with E-state index < -0.39 is 0 Å². The van der Waals surface area contributed by atoms with Crippen molar-refractivity contribution in [3.05, 3.63) is 247 Å². The highest BCUT2D eigenvalue weighted by molar-refractivity contribution is 6.09. The highest BCUT2D eigenvalue weighted by atomic mass is 15.1. The van der Waals surface area contributed by atoms with E-state index in [2.05, 4.69) is 242 Å². The Hall–Kier alpha value is -7.48. The van der Waals surface area contributed by atoms with Crippen LogP contribution >= 0.6 is 0 Å². The van der Waals surface area contributed by atoms with E-state index in [1.807, 2.05) is 0 Å². The van der Waals surface area contributed by atoms with Gasteiger partial charge >= 0.3 is 0 Å². The van der Waals surface area contributed by atoms with Crippen LogP contribution in [0.4, 0.5) is 17.1 Å². The average Bonchev–Trinajstić information content (AvgIpc) is 3.57. The van der Waals surface area contributed by atoms with E-state index in [1.165, 1.54) is 82.7 Å². The zero-order valence-corrected chi connectivity index (χ0v) is 32.9. The molecule has 278 valence electrons. The fraction of sp³-hybridized carbons (Fsp3) is 0.0345. The molecule has 1 unspecified atom stereocenters. The maximum atomic E-state index is 2.48. The fourth-order valence-electron chi connectivity index (χ4n) is 9.72. The van der Waals surface area contributed by atoms with Crippen LogP contribution in [0.3, 0.4) is 0 Å². The second-order valence-corrected chi connectivity index (χ2v) is 15.8. The van der Waals surface area contributed by atoms with E-state index >= 15 is 0 Å². The molecule has 0 saturated carbocycles. The van der Waals surface area contributed by atoms with Crippen molar-refractivity contribution < 1.29 is 0 Å². The first kappa shape index (κ1) is 34.7. The molecule has 1 aliphatic rings. The van der Waals surface area contributed by atoms with Crippen molar-refractivity contribution in [3.8, 4) is 44.5 Å². The Kier molecular flexibility index (Phi) is 8.34. The van der Waals surface area contributed by atoms with Crippen LogP contribution in [0.1, 0.15) is 23.6 Å². The van der Waals surface area contributed by atoms with Gasteiger partial charge in [-0.25, -0.2) is 0 Å². The van der Waals surface area contributed by atoms with E-state index in [9.17, 15) is 0 Å². The summed E-state index contributed by atoms with van der Waals surface area (Å²) in [6, 6.07) is 84.6. The molecule has 0 aliphatic heterocycles. The van der Waals surface area contributed by atoms with Crippen LogP contribution in [0.25, 0.3) is 66.1 Å². The molecule has 1 atom stereocenters. The van der Waals surface area contributed by atoms with Crippen molar-refractivity contribution in [2.75, 3.05) is 4.90 Å². The van der Waals surface area contributed by atoms with Gasteiger partial charge in [0.15, 0.2) is 0 Å². The van der Waals surface area contributed by atoms with E-state index in [-0.39, 0.29) is 5.41 Å². The van der Waals surface area contributed by atoms with Crippen molar-refractivity contribution in [3.63, 3.8) is 0 Å². The molecule has 1 heteroatoms. The molecule has 59 heavy (non-hydrogen) atoms. The lowest BCUT2D eigenvalue weighted by atomic mass is 9.74. The maximum Gasteiger partial charge on any atom is 0.0540 e. The first-order valence-corrected chi connectivity index (χ1v) is 20.5. The molecule has 0 heterocycles. The second-order valence-electron chi connectivity index (χ2n) is 15.8. The third-order valence-electron chi connectivity index (χ3n) is 12.6. The Balaban J connectivity index is 1.15. The van der Waals surface area contributed by atoms with Gasteiger partial charge < -0.3 is 4.90 Å². The van der Waals surface area contributed by atoms with Crippen molar-refractivity contribution in [2.45, 2.75) is 12.3 Å². The van der Waals surface area contributed by atoms with Crippen LogP contribution in [0, 0.1) is 0 Å². The first-order valence-electron chi connectivity index (χ1n) is 20.5. The van der Waals surface area contributed by atoms with Gasteiger partial charge in [0.25, 0.3) is 0 Å². The number of hydrogen-bond acceptors (Lipinski definition) is 1. The van der Waals surface area contributed by atoms with Gasteiger partial charge in [-0.05, 0) is 114 Å². The predicted octanol–water partition coefficient (Wildman–Crippen LogP) is 15.8.